The van der Waals surface area contributed by atoms with Crippen molar-refractivity contribution < 1.29 is 9.18 Å². The molecule has 2 N–H and O–H groups in total. The average molecular weight is 345 g/mol. The van der Waals surface area contributed by atoms with Gasteiger partial charge in [-0.3, -0.25) is 4.79 Å². The maximum Gasteiger partial charge on any atom is 0.270 e. The van der Waals surface area contributed by atoms with Gasteiger partial charge in [-0.15, -0.1) is 0 Å². The molecule has 0 aliphatic rings. The van der Waals surface area contributed by atoms with E-state index < -0.39 is 0 Å². The molecule has 0 radical (unpaired) electrons. The molecule has 25 heavy (non-hydrogen) atoms. The fourth-order valence-electron chi connectivity index (χ4n) is 2.24. The molecule has 0 fully saturated rings. The standard InChI is InChI=1S/C18H24FN5O/c1-13-22-16(12-17(23-13)20-10-11-24(2)3)18(25)21-9-8-14-4-6-15(19)7-5-14/h4-7,12H,8-11H2,1-3H3,(H,21,25)(H,20,22,23). The quantitative estimate of drug-likeness (QED) is 0.764. The number of aromatic nitrogens is 2. The Morgan fingerprint density at radius 2 is 1.88 bits per heavy atom. The zero-order valence-corrected chi connectivity index (χ0v) is 14.8. The summed E-state index contributed by atoms with van der Waals surface area (Å²) in [5, 5.41) is 6.02. The minimum Gasteiger partial charge on any atom is -0.369 e. The molecule has 1 amide bonds. The topological polar surface area (TPSA) is 70.2 Å². The van der Waals surface area contributed by atoms with Gasteiger partial charge in [0.2, 0.25) is 0 Å². The molecule has 6 nitrogen and oxygen atoms in total. The van der Waals surface area contributed by atoms with E-state index in [-0.39, 0.29) is 11.7 Å². The number of hydrogen-bond donors (Lipinski definition) is 2. The first-order valence-corrected chi connectivity index (χ1v) is 8.21. The molecule has 1 aromatic carbocycles. The molecule has 0 unspecified atom stereocenters. The first kappa shape index (κ1) is 18.8. The Morgan fingerprint density at radius 3 is 2.56 bits per heavy atom. The Hall–Kier alpha value is -2.54. The molecule has 0 aliphatic heterocycles. The number of hydrogen-bond acceptors (Lipinski definition) is 5. The Labute approximate surface area is 147 Å². The second-order valence-corrected chi connectivity index (χ2v) is 6.05. The number of carbonyl (C=O) groups is 1. The van der Waals surface area contributed by atoms with Crippen LogP contribution in [-0.2, 0) is 6.42 Å². The lowest BCUT2D eigenvalue weighted by molar-refractivity contribution is 0.0949. The Kier molecular flexibility index (Phi) is 6.82. The van der Waals surface area contributed by atoms with Gasteiger partial charge >= 0.3 is 0 Å². The van der Waals surface area contributed by atoms with Crippen LogP contribution in [0.25, 0.3) is 0 Å². The number of halogens is 1. The molecule has 0 saturated carbocycles. The zero-order chi connectivity index (χ0) is 18.2. The monoisotopic (exact) mass is 345 g/mol. The number of benzene rings is 1. The van der Waals surface area contributed by atoms with Crippen molar-refractivity contribution in [2.75, 3.05) is 39.0 Å². The van der Waals surface area contributed by atoms with Crippen molar-refractivity contribution in [3.63, 3.8) is 0 Å². The smallest absolute Gasteiger partial charge is 0.270 e. The van der Waals surface area contributed by atoms with Gasteiger partial charge in [0.15, 0.2) is 0 Å². The summed E-state index contributed by atoms with van der Waals surface area (Å²) < 4.78 is 12.9. The fourth-order valence-corrected chi connectivity index (χ4v) is 2.24. The number of likely N-dealkylation sites (N-methyl/N-ethyl adjacent to an activating group) is 1. The number of anilines is 1. The second kappa shape index (κ2) is 9.08. The van der Waals surface area contributed by atoms with Crippen LogP contribution in [-0.4, -0.2) is 54.5 Å². The van der Waals surface area contributed by atoms with Crippen LogP contribution in [0.15, 0.2) is 30.3 Å². The Balaban J connectivity index is 1.89. The summed E-state index contributed by atoms with van der Waals surface area (Å²) in [5.74, 6) is 0.665. The number of aryl methyl sites for hydroxylation is 1. The summed E-state index contributed by atoms with van der Waals surface area (Å²) in [6, 6.07) is 7.90. The van der Waals surface area contributed by atoms with Crippen molar-refractivity contribution >= 4 is 11.7 Å². The lowest BCUT2D eigenvalue weighted by atomic mass is 10.1. The fraction of sp³-hybridized carbons (Fsp3) is 0.389. The third kappa shape index (κ3) is 6.46. The minimum absolute atomic E-state index is 0.247. The summed E-state index contributed by atoms with van der Waals surface area (Å²) in [4.78, 5) is 22.8. The van der Waals surface area contributed by atoms with Gasteiger partial charge < -0.3 is 15.5 Å². The van der Waals surface area contributed by atoms with Crippen LogP contribution in [0.3, 0.4) is 0 Å². The molecule has 0 aliphatic carbocycles. The van der Waals surface area contributed by atoms with E-state index in [9.17, 15) is 9.18 Å². The normalized spacial score (nSPS) is 10.8. The molecule has 134 valence electrons. The summed E-state index contributed by atoms with van der Waals surface area (Å²) in [5.41, 5.74) is 1.30. The lowest BCUT2D eigenvalue weighted by Crippen LogP contribution is -2.27. The Bertz CT molecular complexity index is 703. The van der Waals surface area contributed by atoms with Crippen molar-refractivity contribution in [1.82, 2.24) is 20.2 Å². The maximum atomic E-state index is 12.9. The van der Waals surface area contributed by atoms with Gasteiger partial charge in [-0.25, -0.2) is 14.4 Å². The van der Waals surface area contributed by atoms with E-state index in [1.54, 1.807) is 25.1 Å². The zero-order valence-electron chi connectivity index (χ0n) is 14.8. The SMILES string of the molecule is Cc1nc(NCCN(C)C)cc(C(=O)NCCc2ccc(F)cc2)n1. The minimum atomic E-state index is -0.265. The van der Waals surface area contributed by atoms with Crippen molar-refractivity contribution in [3.8, 4) is 0 Å². The van der Waals surface area contributed by atoms with Gasteiger partial charge in [0.05, 0.1) is 0 Å². The third-order valence-electron chi connectivity index (χ3n) is 3.55. The first-order chi connectivity index (χ1) is 11.9. The third-order valence-corrected chi connectivity index (χ3v) is 3.55. The van der Waals surface area contributed by atoms with Gasteiger partial charge in [0.25, 0.3) is 5.91 Å². The highest BCUT2D eigenvalue weighted by Gasteiger charge is 2.10. The van der Waals surface area contributed by atoms with E-state index >= 15 is 0 Å². The number of carbonyl (C=O) groups excluding carboxylic acids is 1. The van der Waals surface area contributed by atoms with Crippen LogP contribution in [0.5, 0.6) is 0 Å². The highest BCUT2D eigenvalue weighted by molar-refractivity contribution is 5.92. The van der Waals surface area contributed by atoms with Gasteiger partial charge in [-0.2, -0.15) is 0 Å². The summed E-state index contributed by atoms with van der Waals surface area (Å²) in [7, 11) is 3.99. The molecule has 2 rings (SSSR count). The number of rotatable bonds is 8. The van der Waals surface area contributed by atoms with Gasteiger partial charge in [-0.1, -0.05) is 12.1 Å². The van der Waals surface area contributed by atoms with Gasteiger partial charge in [0.1, 0.15) is 23.2 Å². The van der Waals surface area contributed by atoms with Gasteiger partial charge in [0, 0.05) is 25.7 Å². The Morgan fingerprint density at radius 1 is 1.16 bits per heavy atom. The molecule has 1 aromatic heterocycles. The van der Waals surface area contributed by atoms with Crippen LogP contribution in [0.1, 0.15) is 21.9 Å². The molecular formula is C18H24FN5O. The van der Waals surface area contributed by atoms with Crippen LogP contribution >= 0.6 is 0 Å². The van der Waals surface area contributed by atoms with E-state index in [4.69, 9.17) is 0 Å². The van der Waals surface area contributed by atoms with Crippen LogP contribution in [0.4, 0.5) is 10.2 Å². The van der Waals surface area contributed by atoms with Crippen molar-refractivity contribution in [2.45, 2.75) is 13.3 Å². The van der Waals surface area contributed by atoms with Crippen molar-refractivity contribution in [1.29, 1.82) is 0 Å². The van der Waals surface area contributed by atoms with Crippen LogP contribution in [0, 0.1) is 12.7 Å². The largest absolute Gasteiger partial charge is 0.369 e. The molecule has 2 aromatic rings. The average Bonchev–Trinajstić information content (AvgIpc) is 2.55. The highest BCUT2D eigenvalue weighted by Crippen LogP contribution is 2.07. The molecule has 0 atom stereocenters. The van der Waals surface area contributed by atoms with Crippen LogP contribution in [0.2, 0.25) is 0 Å². The van der Waals surface area contributed by atoms with Crippen molar-refractivity contribution in [3.05, 3.63) is 53.2 Å². The van der Waals surface area contributed by atoms with Gasteiger partial charge in [-0.05, 0) is 45.1 Å². The predicted octanol–water partition coefficient (Wildman–Crippen LogP) is 1.87. The molecule has 0 spiro atoms. The first-order valence-electron chi connectivity index (χ1n) is 8.21. The molecule has 1 heterocycles. The molecular weight excluding hydrogens is 321 g/mol. The van der Waals surface area contributed by atoms with Crippen LogP contribution < -0.4 is 10.6 Å². The number of nitrogens with zero attached hydrogens (tertiary/aromatic N) is 3. The maximum absolute atomic E-state index is 12.9. The lowest BCUT2D eigenvalue weighted by Gasteiger charge is -2.12. The summed E-state index contributed by atoms with van der Waals surface area (Å²) >= 11 is 0. The highest BCUT2D eigenvalue weighted by atomic mass is 19.1. The molecule has 7 heteroatoms. The van der Waals surface area contributed by atoms with E-state index in [2.05, 4.69) is 25.5 Å². The molecule has 0 bridgehead atoms. The summed E-state index contributed by atoms with van der Waals surface area (Å²) in [6.07, 6.45) is 0.629. The van der Waals surface area contributed by atoms with E-state index in [1.165, 1.54) is 12.1 Å². The van der Waals surface area contributed by atoms with E-state index in [1.807, 2.05) is 14.1 Å². The van der Waals surface area contributed by atoms with E-state index in [0.717, 1.165) is 18.7 Å². The second-order valence-electron chi connectivity index (χ2n) is 6.05. The number of nitrogens with one attached hydrogen (secondary N) is 2. The predicted molar refractivity (Wildman–Crippen MR) is 96.2 cm³/mol. The molecule has 0 saturated heterocycles. The number of amides is 1. The van der Waals surface area contributed by atoms with Crippen molar-refractivity contribution in [2.24, 2.45) is 0 Å². The van der Waals surface area contributed by atoms with E-state index in [0.29, 0.717) is 30.3 Å². The summed E-state index contributed by atoms with van der Waals surface area (Å²) in [6.45, 7) is 3.81.